The highest BCUT2D eigenvalue weighted by molar-refractivity contribution is 5.38. The average Bonchev–Trinajstić information content (AvgIpc) is 2.65. The summed E-state index contributed by atoms with van der Waals surface area (Å²) in [6, 6.07) is 23.3. The van der Waals surface area contributed by atoms with E-state index in [9.17, 15) is 4.39 Å². The molecule has 0 saturated carbocycles. The first-order valence-corrected chi connectivity index (χ1v) is 8.37. The van der Waals surface area contributed by atoms with E-state index in [0.29, 0.717) is 12.2 Å². The van der Waals surface area contributed by atoms with Crippen molar-refractivity contribution in [2.75, 3.05) is 7.05 Å². The Morgan fingerprint density at radius 2 is 1.68 bits per heavy atom. The van der Waals surface area contributed by atoms with Crippen molar-refractivity contribution in [3.05, 3.63) is 101 Å². The van der Waals surface area contributed by atoms with Gasteiger partial charge in [-0.15, -0.1) is 0 Å². The summed E-state index contributed by atoms with van der Waals surface area (Å²) < 4.78 is 19.8. The lowest BCUT2D eigenvalue weighted by atomic mass is 9.97. The van der Waals surface area contributed by atoms with Crippen LogP contribution in [0.1, 0.15) is 28.3 Å². The van der Waals surface area contributed by atoms with Gasteiger partial charge in [-0.2, -0.15) is 0 Å². The maximum atomic E-state index is 13.9. The zero-order chi connectivity index (χ0) is 17.6. The van der Waals surface area contributed by atoms with Gasteiger partial charge in [-0.05, 0) is 54.4 Å². The summed E-state index contributed by atoms with van der Waals surface area (Å²) in [5, 5.41) is 3.26. The zero-order valence-electron chi connectivity index (χ0n) is 14.5. The van der Waals surface area contributed by atoms with E-state index in [1.165, 1.54) is 0 Å². The third-order valence-electron chi connectivity index (χ3n) is 4.26. The predicted octanol–water partition coefficient (Wildman–Crippen LogP) is 5.02. The lowest BCUT2D eigenvalue weighted by Crippen LogP contribution is -2.18. The van der Waals surface area contributed by atoms with E-state index in [1.807, 2.05) is 73.8 Å². The van der Waals surface area contributed by atoms with Gasteiger partial charge in [0.15, 0.2) is 0 Å². The van der Waals surface area contributed by atoms with Crippen LogP contribution in [0, 0.1) is 12.7 Å². The molecule has 2 nitrogen and oxygen atoms in total. The van der Waals surface area contributed by atoms with Gasteiger partial charge in [0, 0.05) is 0 Å². The molecule has 1 atom stereocenters. The Kier molecular flexibility index (Phi) is 5.46. The molecule has 0 heterocycles. The van der Waals surface area contributed by atoms with Gasteiger partial charge in [-0.25, -0.2) is 4.39 Å². The van der Waals surface area contributed by atoms with Gasteiger partial charge >= 0.3 is 0 Å². The minimum atomic E-state index is -0.186. The topological polar surface area (TPSA) is 21.3 Å². The Morgan fingerprint density at radius 3 is 2.40 bits per heavy atom. The highest BCUT2D eigenvalue weighted by Gasteiger charge is 2.14. The van der Waals surface area contributed by atoms with Crippen molar-refractivity contribution in [3.8, 4) is 5.75 Å². The van der Waals surface area contributed by atoms with Crippen molar-refractivity contribution >= 4 is 0 Å². The molecule has 128 valence electrons. The van der Waals surface area contributed by atoms with Crippen LogP contribution < -0.4 is 10.1 Å². The lowest BCUT2D eigenvalue weighted by molar-refractivity contribution is 0.305. The molecule has 0 bridgehead atoms. The standard InChI is InChI=1S/C22H22FNO/c1-16-11-12-19(14-21(16)23)22(24-2)18-9-6-10-20(13-18)25-15-17-7-4-3-5-8-17/h3-14,22,24H,15H2,1-2H3. The molecule has 25 heavy (non-hydrogen) atoms. The fourth-order valence-corrected chi connectivity index (χ4v) is 2.84. The average molecular weight is 335 g/mol. The Balaban J connectivity index is 1.80. The molecule has 3 aromatic rings. The molecule has 3 aromatic carbocycles. The minimum Gasteiger partial charge on any atom is -0.489 e. The van der Waals surface area contributed by atoms with Crippen LogP contribution in [0.4, 0.5) is 4.39 Å². The number of ether oxygens (including phenoxy) is 1. The lowest BCUT2D eigenvalue weighted by Gasteiger charge is -2.19. The fraction of sp³-hybridized carbons (Fsp3) is 0.182. The molecule has 3 rings (SSSR count). The highest BCUT2D eigenvalue weighted by atomic mass is 19.1. The number of halogens is 1. The molecule has 0 aliphatic rings. The van der Waals surface area contributed by atoms with Crippen molar-refractivity contribution in [1.82, 2.24) is 5.32 Å². The van der Waals surface area contributed by atoms with Crippen LogP contribution >= 0.6 is 0 Å². The van der Waals surface area contributed by atoms with Crippen molar-refractivity contribution in [1.29, 1.82) is 0 Å². The quantitative estimate of drug-likeness (QED) is 0.683. The summed E-state index contributed by atoms with van der Waals surface area (Å²) in [6.45, 7) is 2.29. The number of hydrogen-bond donors (Lipinski definition) is 1. The smallest absolute Gasteiger partial charge is 0.126 e. The van der Waals surface area contributed by atoms with E-state index in [1.54, 1.807) is 13.0 Å². The second kappa shape index (κ2) is 7.95. The van der Waals surface area contributed by atoms with Gasteiger partial charge in [-0.1, -0.05) is 54.6 Å². The molecular formula is C22H22FNO. The Hall–Kier alpha value is -2.65. The van der Waals surface area contributed by atoms with E-state index in [2.05, 4.69) is 5.32 Å². The van der Waals surface area contributed by atoms with E-state index in [-0.39, 0.29) is 11.9 Å². The van der Waals surface area contributed by atoms with Gasteiger partial charge in [-0.3, -0.25) is 0 Å². The molecule has 0 spiro atoms. The van der Waals surface area contributed by atoms with E-state index in [0.717, 1.165) is 22.4 Å². The first-order valence-electron chi connectivity index (χ1n) is 8.37. The molecule has 3 heteroatoms. The van der Waals surface area contributed by atoms with Gasteiger partial charge in [0.05, 0.1) is 6.04 Å². The van der Waals surface area contributed by atoms with Crippen LogP contribution in [0.25, 0.3) is 0 Å². The van der Waals surface area contributed by atoms with E-state index < -0.39 is 0 Å². The molecular weight excluding hydrogens is 313 g/mol. The molecule has 0 aromatic heterocycles. The van der Waals surface area contributed by atoms with Gasteiger partial charge in [0.2, 0.25) is 0 Å². The second-order valence-electron chi connectivity index (χ2n) is 6.08. The predicted molar refractivity (Wildman–Crippen MR) is 99.3 cm³/mol. The van der Waals surface area contributed by atoms with E-state index in [4.69, 9.17) is 4.74 Å². The molecule has 0 aliphatic carbocycles. The van der Waals surface area contributed by atoms with Crippen LogP contribution in [0.15, 0.2) is 72.8 Å². The van der Waals surface area contributed by atoms with Crippen molar-refractivity contribution < 1.29 is 9.13 Å². The number of rotatable bonds is 6. The van der Waals surface area contributed by atoms with Crippen LogP contribution in [0.3, 0.4) is 0 Å². The molecule has 0 radical (unpaired) electrons. The third kappa shape index (κ3) is 4.25. The molecule has 0 amide bonds. The van der Waals surface area contributed by atoms with Crippen molar-refractivity contribution in [3.63, 3.8) is 0 Å². The fourth-order valence-electron chi connectivity index (χ4n) is 2.84. The van der Waals surface area contributed by atoms with Crippen molar-refractivity contribution in [2.45, 2.75) is 19.6 Å². The Labute approximate surface area is 148 Å². The SMILES string of the molecule is CNC(c1cccc(OCc2ccccc2)c1)c1ccc(C)c(F)c1. The monoisotopic (exact) mass is 335 g/mol. The largest absolute Gasteiger partial charge is 0.489 e. The molecule has 0 aliphatic heterocycles. The summed E-state index contributed by atoms with van der Waals surface area (Å²) in [5.74, 6) is 0.614. The minimum absolute atomic E-state index is 0.0876. The van der Waals surface area contributed by atoms with Crippen LogP contribution in [-0.2, 0) is 6.61 Å². The summed E-state index contributed by atoms with van der Waals surface area (Å²) in [5.41, 5.74) is 3.71. The van der Waals surface area contributed by atoms with Gasteiger partial charge < -0.3 is 10.1 Å². The zero-order valence-corrected chi connectivity index (χ0v) is 14.5. The molecule has 0 saturated heterocycles. The van der Waals surface area contributed by atoms with Gasteiger partial charge in [0.25, 0.3) is 0 Å². The normalized spacial score (nSPS) is 12.0. The Bertz CT molecular complexity index is 832. The second-order valence-corrected chi connectivity index (χ2v) is 6.08. The van der Waals surface area contributed by atoms with Crippen LogP contribution in [0.5, 0.6) is 5.75 Å². The first-order chi connectivity index (χ1) is 12.2. The number of aryl methyl sites for hydroxylation is 1. The molecule has 1 N–H and O–H groups in total. The van der Waals surface area contributed by atoms with Gasteiger partial charge in [0.1, 0.15) is 18.2 Å². The Morgan fingerprint density at radius 1 is 0.920 bits per heavy atom. The third-order valence-corrected chi connectivity index (χ3v) is 4.26. The maximum Gasteiger partial charge on any atom is 0.126 e. The summed E-state index contributed by atoms with van der Waals surface area (Å²) in [4.78, 5) is 0. The molecule has 0 fully saturated rings. The molecule has 1 unspecified atom stereocenters. The van der Waals surface area contributed by atoms with Crippen LogP contribution in [0.2, 0.25) is 0 Å². The van der Waals surface area contributed by atoms with Crippen molar-refractivity contribution in [2.24, 2.45) is 0 Å². The number of benzene rings is 3. The summed E-state index contributed by atoms with van der Waals surface area (Å²) in [6.07, 6.45) is 0. The highest BCUT2D eigenvalue weighted by Crippen LogP contribution is 2.26. The number of hydrogen-bond acceptors (Lipinski definition) is 2. The summed E-state index contributed by atoms with van der Waals surface area (Å²) >= 11 is 0. The first kappa shape index (κ1) is 17.2. The number of nitrogens with one attached hydrogen (secondary N) is 1. The maximum absolute atomic E-state index is 13.9. The summed E-state index contributed by atoms with van der Waals surface area (Å²) in [7, 11) is 1.87. The van der Waals surface area contributed by atoms with Crippen LogP contribution in [-0.4, -0.2) is 7.05 Å². The van der Waals surface area contributed by atoms with E-state index >= 15 is 0 Å².